The topological polar surface area (TPSA) is 21.7 Å². The number of ether oxygens (including phenoxy) is 2. The van der Waals surface area contributed by atoms with E-state index in [-0.39, 0.29) is 5.79 Å². The monoisotopic (exact) mass is 171 g/mol. The predicted octanol–water partition coefficient (Wildman–Crippen LogP) is 0.782. The third-order valence-electron chi connectivity index (χ3n) is 2.62. The SMILES string of the molecule is [CH]CN1CCC(OC)(OC)CC1. The Morgan fingerprint density at radius 1 is 1.25 bits per heavy atom. The van der Waals surface area contributed by atoms with Gasteiger partial charge in [0.25, 0.3) is 0 Å². The van der Waals surface area contributed by atoms with Crippen LogP contribution in [0.3, 0.4) is 0 Å². The number of nitrogens with zero attached hydrogens (tertiary/aromatic N) is 1. The fourth-order valence-corrected chi connectivity index (χ4v) is 1.57. The maximum absolute atomic E-state index is 5.52. The average molecular weight is 171 g/mol. The first-order valence-electron chi connectivity index (χ1n) is 4.29. The van der Waals surface area contributed by atoms with Gasteiger partial charge in [0.2, 0.25) is 0 Å². The van der Waals surface area contributed by atoms with Gasteiger partial charge in [-0.15, -0.1) is 0 Å². The van der Waals surface area contributed by atoms with Crippen molar-refractivity contribution >= 4 is 0 Å². The van der Waals surface area contributed by atoms with Crippen LogP contribution in [-0.2, 0) is 9.47 Å². The Hall–Kier alpha value is -0.120. The lowest BCUT2D eigenvalue weighted by atomic mass is 10.0. The van der Waals surface area contributed by atoms with E-state index >= 15 is 0 Å². The number of likely N-dealkylation sites (tertiary alicyclic amines) is 1. The van der Waals surface area contributed by atoms with Crippen LogP contribution in [0.2, 0.25) is 0 Å². The number of hydrogen-bond donors (Lipinski definition) is 0. The van der Waals surface area contributed by atoms with Crippen molar-refractivity contribution in [1.82, 2.24) is 4.90 Å². The lowest BCUT2D eigenvalue weighted by Gasteiger charge is -2.39. The van der Waals surface area contributed by atoms with Crippen molar-refractivity contribution in [3.8, 4) is 0 Å². The Bertz CT molecular complexity index is 124. The van der Waals surface area contributed by atoms with E-state index in [0.29, 0.717) is 6.54 Å². The summed E-state index contributed by atoms with van der Waals surface area (Å²) in [5.41, 5.74) is 0. The molecule has 0 aliphatic carbocycles. The molecule has 0 aromatic carbocycles. The minimum Gasteiger partial charge on any atom is -0.353 e. The normalized spacial score (nSPS) is 24.2. The van der Waals surface area contributed by atoms with Crippen molar-refractivity contribution < 1.29 is 9.47 Å². The number of methoxy groups -OCH3 is 2. The van der Waals surface area contributed by atoms with Gasteiger partial charge in [-0.25, -0.2) is 0 Å². The lowest BCUT2D eigenvalue weighted by Crippen LogP contribution is -2.46. The molecular formula is C9H17NO2. The van der Waals surface area contributed by atoms with E-state index in [1.807, 2.05) is 0 Å². The molecule has 0 spiro atoms. The first-order valence-corrected chi connectivity index (χ1v) is 4.29. The smallest absolute Gasteiger partial charge is 0.169 e. The van der Waals surface area contributed by atoms with Crippen LogP contribution in [0.15, 0.2) is 0 Å². The van der Waals surface area contributed by atoms with Crippen LogP contribution in [0.4, 0.5) is 0 Å². The predicted molar refractivity (Wildman–Crippen MR) is 46.7 cm³/mol. The molecule has 1 fully saturated rings. The van der Waals surface area contributed by atoms with Gasteiger partial charge in [-0.05, 0) is 6.92 Å². The first-order chi connectivity index (χ1) is 5.76. The van der Waals surface area contributed by atoms with Crippen molar-refractivity contribution in [3.63, 3.8) is 0 Å². The van der Waals surface area contributed by atoms with E-state index in [1.165, 1.54) is 0 Å². The van der Waals surface area contributed by atoms with Gasteiger partial charge < -0.3 is 14.4 Å². The highest BCUT2D eigenvalue weighted by atomic mass is 16.7. The summed E-state index contributed by atoms with van der Waals surface area (Å²) in [7, 11) is 3.39. The third kappa shape index (κ3) is 1.97. The van der Waals surface area contributed by atoms with Crippen LogP contribution in [-0.4, -0.2) is 44.5 Å². The maximum Gasteiger partial charge on any atom is 0.169 e. The summed E-state index contributed by atoms with van der Waals surface area (Å²) in [6.45, 7) is 8.06. The Morgan fingerprint density at radius 2 is 1.75 bits per heavy atom. The molecule has 70 valence electrons. The van der Waals surface area contributed by atoms with Crippen LogP contribution in [0, 0.1) is 6.92 Å². The standard InChI is InChI=1S/C9H17NO2/c1-4-10-7-5-9(11-2,12-3)6-8-10/h1H,4-8H2,2-3H3. The third-order valence-corrected chi connectivity index (χ3v) is 2.62. The second kappa shape index (κ2) is 4.21. The molecule has 1 aliphatic heterocycles. The van der Waals surface area contributed by atoms with Gasteiger partial charge in [0.15, 0.2) is 5.79 Å². The second-order valence-electron chi connectivity index (χ2n) is 3.12. The number of piperidine rings is 1. The molecule has 3 heteroatoms. The maximum atomic E-state index is 5.52. The van der Waals surface area contributed by atoms with Gasteiger partial charge in [-0.2, -0.15) is 0 Å². The molecule has 0 N–H and O–H groups in total. The molecule has 0 bridgehead atoms. The number of hydrogen-bond acceptors (Lipinski definition) is 3. The molecule has 12 heavy (non-hydrogen) atoms. The highest BCUT2D eigenvalue weighted by molar-refractivity contribution is 4.79. The fourth-order valence-electron chi connectivity index (χ4n) is 1.57. The van der Waals surface area contributed by atoms with Crippen molar-refractivity contribution in [2.75, 3.05) is 33.9 Å². The van der Waals surface area contributed by atoms with Crippen molar-refractivity contribution in [2.24, 2.45) is 0 Å². The van der Waals surface area contributed by atoms with E-state index in [9.17, 15) is 0 Å². The summed E-state index contributed by atoms with van der Waals surface area (Å²) in [6.07, 6.45) is 1.80. The summed E-state index contributed by atoms with van der Waals surface area (Å²) in [5.74, 6) is -0.355. The summed E-state index contributed by atoms with van der Waals surface area (Å²) in [6, 6.07) is 0. The molecule has 0 aromatic rings. The molecular weight excluding hydrogens is 154 g/mol. The van der Waals surface area contributed by atoms with Crippen molar-refractivity contribution in [2.45, 2.75) is 18.6 Å². The van der Waals surface area contributed by atoms with Crippen molar-refractivity contribution in [3.05, 3.63) is 6.92 Å². The molecule has 1 aliphatic rings. The average Bonchev–Trinajstić information content (AvgIpc) is 2.18. The summed E-state index contributed by atoms with van der Waals surface area (Å²) in [4.78, 5) is 2.19. The molecule has 1 rings (SSSR count). The van der Waals surface area contributed by atoms with Crippen LogP contribution in [0.1, 0.15) is 12.8 Å². The minimum atomic E-state index is -0.355. The largest absolute Gasteiger partial charge is 0.353 e. The zero-order chi connectivity index (χ0) is 9.03. The zero-order valence-corrected chi connectivity index (χ0v) is 7.88. The van der Waals surface area contributed by atoms with Crippen molar-refractivity contribution in [1.29, 1.82) is 0 Å². The second-order valence-corrected chi connectivity index (χ2v) is 3.12. The lowest BCUT2D eigenvalue weighted by molar-refractivity contribution is -0.228. The van der Waals surface area contributed by atoms with E-state index in [0.717, 1.165) is 25.9 Å². The molecule has 2 radical (unpaired) electrons. The van der Waals surface area contributed by atoms with Crippen LogP contribution in [0.25, 0.3) is 0 Å². The quantitative estimate of drug-likeness (QED) is 0.586. The van der Waals surface area contributed by atoms with Gasteiger partial charge in [-0.3, -0.25) is 0 Å². The highest BCUT2D eigenvalue weighted by Crippen LogP contribution is 2.25. The fraction of sp³-hybridized carbons (Fsp3) is 0.889. The van der Waals surface area contributed by atoms with E-state index in [2.05, 4.69) is 4.90 Å². The van der Waals surface area contributed by atoms with E-state index < -0.39 is 0 Å². The Morgan fingerprint density at radius 3 is 2.08 bits per heavy atom. The summed E-state index contributed by atoms with van der Waals surface area (Å²) < 4.78 is 10.7. The molecule has 0 aromatic heterocycles. The van der Waals surface area contributed by atoms with Gasteiger partial charge in [0, 0.05) is 46.7 Å². The summed E-state index contributed by atoms with van der Waals surface area (Å²) >= 11 is 0. The molecule has 0 unspecified atom stereocenters. The van der Waals surface area contributed by atoms with Gasteiger partial charge >= 0.3 is 0 Å². The zero-order valence-electron chi connectivity index (χ0n) is 7.88. The molecule has 1 heterocycles. The molecule has 0 saturated carbocycles. The molecule has 3 nitrogen and oxygen atoms in total. The van der Waals surface area contributed by atoms with E-state index in [1.54, 1.807) is 14.2 Å². The summed E-state index contributed by atoms with van der Waals surface area (Å²) in [5, 5.41) is 0. The first kappa shape index (κ1) is 9.96. The highest BCUT2D eigenvalue weighted by Gasteiger charge is 2.33. The number of rotatable bonds is 3. The van der Waals surface area contributed by atoms with Gasteiger partial charge in [0.1, 0.15) is 0 Å². The van der Waals surface area contributed by atoms with Crippen LogP contribution in [0.5, 0.6) is 0 Å². The Balaban J connectivity index is 2.42. The van der Waals surface area contributed by atoms with Gasteiger partial charge in [0.05, 0.1) is 0 Å². The molecule has 1 saturated heterocycles. The van der Waals surface area contributed by atoms with E-state index in [4.69, 9.17) is 16.4 Å². The van der Waals surface area contributed by atoms with Crippen LogP contribution < -0.4 is 0 Å². The minimum absolute atomic E-state index is 0.355. The van der Waals surface area contributed by atoms with Crippen LogP contribution >= 0.6 is 0 Å². The Labute approximate surface area is 74.6 Å². The molecule has 0 amide bonds. The van der Waals surface area contributed by atoms with Gasteiger partial charge in [-0.1, -0.05) is 0 Å². The Kier molecular flexibility index (Phi) is 3.50. The molecule has 0 atom stereocenters.